The van der Waals surface area contributed by atoms with Crippen LogP contribution in [0.25, 0.3) is 22.3 Å². The molecule has 5 aromatic rings. The van der Waals surface area contributed by atoms with Crippen molar-refractivity contribution in [1.29, 1.82) is 0 Å². The zero-order chi connectivity index (χ0) is 34.4. The topological polar surface area (TPSA) is 104 Å². The van der Waals surface area contributed by atoms with Crippen molar-refractivity contribution in [3.8, 4) is 28.6 Å². The number of anilines is 1. The Balaban J connectivity index is 1.53. The van der Waals surface area contributed by atoms with Crippen molar-refractivity contribution in [3.05, 3.63) is 110 Å². The van der Waals surface area contributed by atoms with Crippen LogP contribution in [0.1, 0.15) is 55.9 Å². The number of rotatable bonds is 12. The van der Waals surface area contributed by atoms with Crippen LogP contribution in [0.4, 0.5) is 5.69 Å². The van der Waals surface area contributed by atoms with Gasteiger partial charge < -0.3 is 19.5 Å². The number of hydrogen-bond donors (Lipinski definition) is 1. The lowest BCUT2D eigenvalue weighted by molar-refractivity contribution is -0.118. The number of amides is 1. The fourth-order valence-electron chi connectivity index (χ4n) is 5.27. The summed E-state index contributed by atoms with van der Waals surface area (Å²) < 4.78 is 19.7. The van der Waals surface area contributed by atoms with E-state index < -0.39 is 0 Å². The van der Waals surface area contributed by atoms with Gasteiger partial charge in [-0.05, 0) is 109 Å². The van der Waals surface area contributed by atoms with E-state index in [0.717, 1.165) is 33.7 Å². The molecule has 9 nitrogen and oxygen atoms in total. The fraction of sp³-hybridized carbons (Fsp3) is 0.263. The first-order chi connectivity index (χ1) is 23.1. The molecule has 48 heavy (non-hydrogen) atoms. The van der Waals surface area contributed by atoms with Gasteiger partial charge in [0.15, 0.2) is 23.9 Å². The molecule has 0 fully saturated rings. The number of para-hydroxylation sites is 2. The first-order valence-electron chi connectivity index (χ1n) is 15.9. The number of benzene rings is 4. The van der Waals surface area contributed by atoms with E-state index in [1.807, 2.05) is 82.3 Å². The third-order valence-electron chi connectivity index (χ3n) is 7.73. The average Bonchev–Trinajstić information content (AvgIpc) is 3.06. The first kappa shape index (κ1) is 34.4. The summed E-state index contributed by atoms with van der Waals surface area (Å²) in [6.07, 6.45) is 1.58. The van der Waals surface area contributed by atoms with Gasteiger partial charge in [0.05, 0.1) is 30.3 Å². The summed E-state index contributed by atoms with van der Waals surface area (Å²) in [5, 5.41) is 8.02. The molecule has 0 saturated carbocycles. The molecular formula is C38H39BrN4O5. The van der Waals surface area contributed by atoms with E-state index >= 15 is 0 Å². The molecule has 0 bridgehead atoms. The molecule has 0 aliphatic heterocycles. The Hall–Kier alpha value is -4.96. The van der Waals surface area contributed by atoms with Gasteiger partial charge in [-0.15, -0.1) is 0 Å². The normalized spacial score (nSPS) is 11.3. The largest absolute Gasteiger partial charge is 0.494 e. The van der Waals surface area contributed by atoms with Crippen LogP contribution in [0.3, 0.4) is 0 Å². The van der Waals surface area contributed by atoms with Gasteiger partial charge in [0.2, 0.25) is 0 Å². The highest BCUT2D eigenvalue weighted by Gasteiger charge is 2.19. The van der Waals surface area contributed by atoms with Crippen molar-refractivity contribution < 1.29 is 19.0 Å². The second-order valence-electron chi connectivity index (χ2n) is 11.5. The molecule has 0 aliphatic carbocycles. The molecule has 0 aliphatic rings. The Morgan fingerprint density at radius 1 is 0.917 bits per heavy atom. The molecule has 248 valence electrons. The molecule has 1 N–H and O–H groups in total. The number of aromatic nitrogens is 2. The summed E-state index contributed by atoms with van der Waals surface area (Å²) in [7, 11) is 0. The molecule has 0 saturated heterocycles. The molecule has 0 radical (unpaired) electrons. The molecule has 4 aromatic carbocycles. The van der Waals surface area contributed by atoms with Crippen molar-refractivity contribution in [3.63, 3.8) is 0 Å². The monoisotopic (exact) mass is 710 g/mol. The van der Waals surface area contributed by atoms with Crippen molar-refractivity contribution in [2.24, 2.45) is 5.10 Å². The Labute approximate surface area is 288 Å². The lowest BCUT2D eigenvalue weighted by Gasteiger charge is -2.18. The van der Waals surface area contributed by atoms with Gasteiger partial charge in [0, 0.05) is 21.3 Å². The quantitative estimate of drug-likeness (QED) is 0.131. The molecule has 1 aromatic heterocycles. The maximum absolute atomic E-state index is 13.9. The zero-order valence-electron chi connectivity index (χ0n) is 28.0. The highest BCUT2D eigenvalue weighted by molar-refractivity contribution is 9.10. The van der Waals surface area contributed by atoms with E-state index in [4.69, 9.17) is 24.3 Å². The van der Waals surface area contributed by atoms with Gasteiger partial charge >= 0.3 is 0 Å². The van der Waals surface area contributed by atoms with E-state index in [2.05, 4.69) is 35.1 Å². The second-order valence-corrected chi connectivity index (χ2v) is 12.4. The minimum Gasteiger partial charge on any atom is -0.494 e. The van der Waals surface area contributed by atoms with Crippen LogP contribution in [-0.2, 0) is 4.79 Å². The van der Waals surface area contributed by atoms with Crippen LogP contribution in [-0.4, -0.2) is 41.6 Å². The number of nitrogens with zero attached hydrogens (tertiary/aromatic N) is 3. The predicted octanol–water partition coefficient (Wildman–Crippen LogP) is 8.26. The number of fused-ring (bicyclic) bond motifs is 1. The molecule has 1 heterocycles. The van der Waals surface area contributed by atoms with Crippen molar-refractivity contribution in [1.82, 2.24) is 9.66 Å². The summed E-state index contributed by atoms with van der Waals surface area (Å²) in [6, 6.07) is 22.3. The number of hydrogen-bond acceptors (Lipinski definition) is 7. The number of halogens is 1. The van der Waals surface area contributed by atoms with E-state index in [1.165, 1.54) is 4.68 Å². The summed E-state index contributed by atoms with van der Waals surface area (Å²) in [6.45, 7) is 12.6. The van der Waals surface area contributed by atoms with Crippen molar-refractivity contribution in [2.75, 3.05) is 25.1 Å². The Kier molecular flexibility index (Phi) is 11.0. The molecule has 0 unspecified atom stereocenters. The summed E-state index contributed by atoms with van der Waals surface area (Å²) in [4.78, 5) is 31.5. The van der Waals surface area contributed by atoms with Crippen molar-refractivity contribution >= 4 is 44.6 Å². The highest BCUT2D eigenvalue weighted by Crippen LogP contribution is 2.35. The minimum atomic E-state index is -0.299. The average molecular weight is 712 g/mol. The lowest BCUT2D eigenvalue weighted by atomic mass is 9.96. The van der Waals surface area contributed by atoms with Gasteiger partial charge in [0.1, 0.15) is 5.75 Å². The number of aryl methyl sites for hydroxylation is 2. The van der Waals surface area contributed by atoms with Gasteiger partial charge in [-0.3, -0.25) is 9.59 Å². The van der Waals surface area contributed by atoms with Crippen LogP contribution in [0.15, 0.2) is 87.2 Å². The third-order valence-corrected chi connectivity index (χ3v) is 8.41. The Morgan fingerprint density at radius 3 is 2.33 bits per heavy atom. The Bertz CT molecular complexity index is 2050. The van der Waals surface area contributed by atoms with E-state index in [-0.39, 0.29) is 24.0 Å². The predicted molar refractivity (Wildman–Crippen MR) is 195 cm³/mol. The number of nitrogens with one attached hydrogen (secondary N) is 1. The summed E-state index contributed by atoms with van der Waals surface area (Å²) in [5.41, 5.74) is 5.29. The maximum atomic E-state index is 13.9. The maximum Gasteiger partial charge on any atom is 0.282 e. The van der Waals surface area contributed by atoms with Gasteiger partial charge in [0.25, 0.3) is 11.5 Å². The summed E-state index contributed by atoms with van der Waals surface area (Å²) in [5.74, 6) is 1.93. The van der Waals surface area contributed by atoms with Gasteiger partial charge in [-0.25, -0.2) is 4.98 Å². The smallest absolute Gasteiger partial charge is 0.282 e. The third kappa shape index (κ3) is 7.60. The van der Waals surface area contributed by atoms with E-state index in [1.54, 1.807) is 24.4 Å². The minimum absolute atomic E-state index is 0.178. The fourth-order valence-corrected chi connectivity index (χ4v) is 5.69. The zero-order valence-corrected chi connectivity index (χ0v) is 29.6. The standard InChI is InChI=1S/C38H39BrN4O5/c1-7-46-33-17-25(6)29(19-28(33)23(3)4)37-42-32-16-12-10-14-27(32)38(45)43(37)40-21-26-18-34(47-8-2)35(20-30(26)39)48-22-36(44)41-31-15-11-9-13-24(31)5/h9-21,23H,7-8,22H2,1-6H3,(H,41,44). The number of carbonyl (C=O) groups excluding carboxylic acids is 1. The molecule has 1 amide bonds. The number of ether oxygens (including phenoxy) is 3. The Morgan fingerprint density at radius 2 is 1.60 bits per heavy atom. The van der Waals surface area contributed by atoms with Gasteiger partial charge in [-0.2, -0.15) is 9.78 Å². The van der Waals surface area contributed by atoms with Crippen LogP contribution < -0.4 is 25.1 Å². The van der Waals surface area contributed by atoms with Crippen molar-refractivity contribution in [2.45, 2.75) is 47.5 Å². The van der Waals surface area contributed by atoms with E-state index in [9.17, 15) is 9.59 Å². The molecule has 10 heteroatoms. The molecule has 0 atom stereocenters. The van der Waals surface area contributed by atoms with Gasteiger partial charge in [-0.1, -0.05) is 44.2 Å². The van der Waals surface area contributed by atoms with Crippen LogP contribution in [0.2, 0.25) is 0 Å². The molecule has 5 rings (SSSR count). The SMILES string of the molecule is CCOc1cc(C=Nn2c(-c3cc(C(C)C)c(OCC)cc3C)nc3ccccc3c2=O)c(Br)cc1OCC(=O)Nc1ccccc1C. The lowest BCUT2D eigenvalue weighted by Crippen LogP contribution is -2.21. The first-order valence-corrected chi connectivity index (χ1v) is 16.7. The van der Waals surface area contributed by atoms with Crippen LogP contribution in [0.5, 0.6) is 17.2 Å². The highest BCUT2D eigenvalue weighted by atomic mass is 79.9. The summed E-state index contributed by atoms with van der Waals surface area (Å²) >= 11 is 3.61. The van der Waals surface area contributed by atoms with E-state index in [0.29, 0.717) is 51.5 Å². The van der Waals surface area contributed by atoms with Crippen LogP contribution in [0, 0.1) is 13.8 Å². The molecular weight excluding hydrogens is 672 g/mol. The van der Waals surface area contributed by atoms with Crippen LogP contribution >= 0.6 is 15.9 Å². The number of carbonyl (C=O) groups is 1. The molecule has 0 spiro atoms. The second kappa shape index (κ2) is 15.3.